The summed E-state index contributed by atoms with van der Waals surface area (Å²) < 4.78 is 7.02. The normalized spacial score (nSPS) is 10.7. The molecular weight excluding hydrogens is 467 g/mol. The fourth-order valence-corrected chi connectivity index (χ4v) is 4.07. The molecule has 0 saturated heterocycles. The van der Waals surface area contributed by atoms with Gasteiger partial charge in [-0.15, -0.1) is 10.2 Å². The van der Waals surface area contributed by atoms with E-state index in [-0.39, 0.29) is 11.7 Å². The molecule has 162 valence electrons. The van der Waals surface area contributed by atoms with Gasteiger partial charge in [-0.3, -0.25) is 9.36 Å². The number of aromatic nitrogens is 3. The second-order valence-corrected chi connectivity index (χ2v) is 8.51. The lowest BCUT2D eigenvalue weighted by atomic mass is 10.2. The molecule has 32 heavy (non-hydrogen) atoms. The van der Waals surface area contributed by atoms with Crippen LogP contribution in [0.1, 0.15) is 0 Å². The summed E-state index contributed by atoms with van der Waals surface area (Å²) in [6, 6.07) is 21.9. The van der Waals surface area contributed by atoms with Crippen LogP contribution in [0.4, 0.5) is 5.69 Å². The SMILES string of the molecule is COc1ccc(NC(=O)CSc2nnc(-c3cccc(Cl)c3)n2-c2ccc(Cl)cc2)cc1. The number of carbonyl (C=O) groups is 1. The van der Waals surface area contributed by atoms with Gasteiger partial charge >= 0.3 is 0 Å². The fraction of sp³-hybridized carbons (Fsp3) is 0.0870. The Hall–Kier alpha value is -3.00. The van der Waals surface area contributed by atoms with Gasteiger partial charge in [0, 0.05) is 27.0 Å². The van der Waals surface area contributed by atoms with Gasteiger partial charge in [-0.2, -0.15) is 0 Å². The van der Waals surface area contributed by atoms with E-state index in [1.54, 1.807) is 49.6 Å². The maximum atomic E-state index is 12.5. The number of carbonyl (C=O) groups excluding carboxylic acids is 1. The zero-order valence-electron chi connectivity index (χ0n) is 17.0. The molecule has 0 saturated carbocycles. The molecule has 1 heterocycles. The molecule has 0 aliphatic carbocycles. The summed E-state index contributed by atoms with van der Waals surface area (Å²) in [5.74, 6) is 1.35. The molecular formula is C23H18Cl2N4O2S. The minimum absolute atomic E-state index is 0.157. The van der Waals surface area contributed by atoms with Crippen molar-refractivity contribution >= 4 is 46.6 Å². The average molecular weight is 485 g/mol. The highest BCUT2D eigenvalue weighted by Gasteiger charge is 2.18. The molecule has 0 aliphatic heterocycles. The molecule has 3 aromatic carbocycles. The molecule has 4 aromatic rings. The summed E-state index contributed by atoms with van der Waals surface area (Å²) >= 11 is 13.5. The third-order valence-electron chi connectivity index (χ3n) is 4.51. The summed E-state index contributed by atoms with van der Waals surface area (Å²) in [5.41, 5.74) is 2.33. The number of nitrogens with one attached hydrogen (secondary N) is 1. The highest BCUT2D eigenvalue weighted by Crippen LogP contribution is 2.30. The second kappa shape index (κ2) is 10.1. The summed E-state index contributed by atoms with van der Waals surface area (Å²) in [6.07, 6.45) is 0. The van der Waals surface area contributed by atoms with Gasteiger partial charge in [-0.1, -0.05) is 47.1 Å². The Labute approximate surface area is 199 Å². The number of amides is 1. The molecule has 6 nitrogen and oxygen atoms in total. The Morgan fingerprint density at radius 2 is 1.75 bits per heavy atom. The second-order valence-electron chi connectivity index (χ2n) is 6.69. The molecule has 0 fully saturated rings. The first-order valence-corrected chi connectivity index (χ1v) is 11.3. The predicted molar refractivity (Wildman–Crippen MR) is 129 cm³/mol. The smallest absolute Gasteiger partial charge is 0.234 e. The Bertz CT molecular complexity index is 1230. The van der Waals surface area contributed by atoms with Gasteiger partial charge in [-0.05, 0) is 60.7 Å². The number of nitrogens with zero attached hydrogens (tertiary/aromatic N) is 3. The summed E-state index contributed by atoms with van der Waals surface area (Å²) in [5, 5.41) is 13.4. The zero-order valence-corrected chi connectivity index (χ0v) is 19.3. The van der Waals surface area contributed by atoms with Crippen LogP contribution in [0.25, 0.3) is 17.1 Å². The van der Waals surface area contributed by atoms with Gasteiger partial charge in [0.1, 0.15) is 5.75 Å². The van der Waals surface area contributed by atoms with Gasteiger partial charge in [0.05, 0.1) is 12.9 Å². The van der Waals surface area contributed by atoms with Crippen molar-refractivity contribution in [2.24, 2.45) is 0 Å². The molecule has 0 unspecified atom stereocenters. The third-order valence-corrected chi connectivity index (χ3v) is 5.92. The Morgan fingerprint density at radius 1 is 1.00 bits per heavy atom. The number of hydrogen-bond donors (Lipinski definition) is 1. The highest BCUT2D eigenvalue weighted by molar-refractivity contribution is 7.99. The molecule has 0 atom stereocenters. The molecule has 0 radical (unpaired) electrons. The van der Waals surface area contributed by atoms with E-state index in [1.165, 1.54) is 11.8 Å². The van der Waals surface area contributed by atoms with Crippen LogP contribution < -0.4 is 10.1 Å². The topological polar surface area (TPSA) is 69.0 Å². The van der Waals surface area contributed by atoms with Crippen LogP contribution in [-0.4, -0.2) is 33.5 Å². The van der Waals surface area contributed by atoms with Crippen molar-refractivity contribution in [1.82, 2.24) is 14.8 Å². The monoisotopic (exact) mass is 484 g/mol. The highest BCUT2D eigenvalue weighted by atomic mass is 35.5. The molecule has 0 bridgehead atoms. The summed E-state index contributed by atoms with van der Waals surface area (Å²) in [7, 11) is 1.60. The molecule has 9 heteroatoms. The standard InChI is InChI=1S/C23H18Cl2N4O2S/c1-31-20-11-7-18(8-12-20)26-21(30)14-32-23-28-27-22(15-3-2-4-17(25)13-15)29(23)19-9-5-16(24)6-10-19/h2-13H,14H2,1H3,(H,26,30). The zero-order chi connectivity index (χ0) is 22.5. The molecule has 4 rings (SSSR count). The number of rotatable bonds is 7. The van der Waals surface area contributed by atoms with Crippen molar-refractivity contribution in [3.8, 4) is 22.8 Å². The van der Waals surface area contributed by atoms with Crippen LogP contribution >= 0.6 is 35.0 Å². The van der Waals surface area contributed by atoms with E-state index in [1.807, 2.05) is 34.9 Å². The fourth-order valence-electron chi connectivity index (χ4n) is 3.00. The maximum absolute atomic E-state index is 12.5. The third kappa shape index (κ3) is 5.24. The first kappa shape index (κ1) is 22.2. The number of thioether (sulfide) groups is 1. The quantitative estimate of drug-likeness (QED) is 0.326. The van der Waals surface area contributed by atoms with Crippen LogP contribution in [0, 0.1) is 0 Å². The summed E-state index contributed by atoms with van der Waals surface area (Å²) in [6.45, 7) is 0. The number of anilines is 1. The van der Waals surface area contributed by atoms with E-state index >= 15 is 0 Å². The van der Waals surface area contributed by atoms with Crippen LogP contribution in [0.15, 0.2) is 78.0 Å². The van der Waals surface area contributed by atoms with Crippen molar-refractivity contribution in [2.45, 2.75) is 5.16 Å². The minimum Gasteiger partial charge on any atom is -0.497 e. The summed E-state index contributed by atoms with van der Waals surface area (Å²) in [4.78, 5) is 12.5. The van der Waals surface area contributed by atoms with Crippen LogP contribution in [-0.2, 0) is 4.79 Å². The Morgan fingerprint density at radius 3 is 2.44 bits per heavy atom. The van der Waals surface area contributed by atoms with Gasteiger partial charge in [0.25, 0.3) is 0 Å². The predicted octanol–water partition coefficient (Wildman–Crippen LogP) is 5.98. The van der Waals surface area contributed by atoms with Crippen LogP contribution in [0.5, 0.6) is 5.75 Å². The van der Waals surface area contributed by atoms with Crippen LogP contribution in [0.2, 0.25) is 10.0 Å². The van der Waals surface area contributed by atoms with Crippen molar-refractivity contribution in [3.63, 3.8) is 0 Å². The maximum Gasteiger partial charge on any atom is 0.234 e. The molecule has 1 N–H and O–H groups in total. The Balaban J connectivity index is 1.57. The van der Waals surface area contributed by atoms with E-state index in [4.69, 9.17) is 27.9 Å². The van der Waals surface area contributed by atoms with Crippen molar-refractivity contribution < 1.29 is 9.53 Å². The lowest BCUT2D eigenvalue weighted by molar-refractivity contribution is -0.113. The van der Waals surface area contributed by atoms with Gasteiger partial charge < -0.3 is 10.1 Å². The number of methoxy groups -OCH3 is 1. The van der Waals surface area contributed by atoms with Gasteiger partial charge in [0.15, 0.2) is 11.0 Å². The van der Waals surface area contributed by atoms with Crippen molar-refractivity contribution in [1.29, 1.82) is 0 Å². The van der Waals surface area contributed by atoms with Crippen molar-refractivity contribution in [3.05, 3.63) is 82.8 Å². The van der Waals surface area contributed by atoms with E-state index in [9.17, 15) is 4.79 Å². The average Bonchev–Trinajstić information content (AvgIpc) is 3.23. The van der Waals surface area contributed by atoms with E-state index in [0.717, 1.165) is 17.0 Å². The molecule has 0 aliphatic rings. The van der Waals surface area contributed by atoms with Crippen LogP contribution in [0.3, 0.4) is 0 Å². The number of halogens is 2. The van der Waals surface area contributed by atoms with Crippen molar-refractivity contribution in [2.75, 3.05) is 18.2 Å². The minimum atomic E-state index is -0.157. The van der Waals surface area contributed by atoms with Gasteiger partial charge in [-0.25, -0.2) is 0 Å². The number of ether oxygens (including phenoxy) is 1. The number of benzene rings is 3. The lowest BCUT2D eigenvalue weighted by Gasteiger charge is -2.11. The van der Waals surface area contributed by atoms with Gasteiger partial charge in [0.2, 0.25) is 5.91 Å². The first-order valence-electron chi connectivity index (χ1n) is 9.57. The number of hydrogen-bond acceptors (Lipinski definition) is 5. The molecule has 1 aromatic heterocycles. The largest absolute Gasteiger partial charge is 0.497 e. The van der Waals surface area contributed by atoms with E-state index in [2.05, 4.69) is 15.5 Å². The molecule has 0 spiro atoms. The molecule has 1 amide bonds. The van der Waals surface area contributed by atoms with E-state index < -0.39 is 0 Å². The lowest BCUT2D eigenvalue weighted by Crippen LogP contribution is -2.14. The first-order chi connectivity index (χ1) is 15.5. The Kier molecular flexibility index (Phi) is 6.99. The van der Waals surface area contributed by atoms with E-state index in [0.29, 0.717) is 26.7 Å².